The largest absolute Gasteiger partial charge is 0.494 e. The van der Waals surface area contributed by atoms with Gasteiger partial charge in [0.2, 0.25) is 5.91 Å². The van der Waals surface area contributed by atoms with Gasteiger partial charge >= 0.3 is 0 Å². The lowest BCUT2D eigenvalue weighted by molar-refractivity contribution is -0.125. The summed E-state index contributed by atoms with van der Waals surface area (Å²) >= 11 is 0. The van der Waals surface area contributed by atoms with Crippen LogP contribution in [0.5, 0.6) is 5.75 Å². The molecule has 0 bridgehead atoms. The van der Waals surface area contributed by atoms with Crippen molar-refractivity contribution >= 4 is 11.8 Å². The molecule has 2 rings (SSSR count). The van der Waals surface area contributed by atoms with E-state index in [1.54, 1.807) is 18.0 Å². The van der Waals surface area contributed by atoms with Crippen molar-refractivity contribution in [2.45, 2.75) is 6.04 Å². The van der Waals surface area contributed by atoms with Gasteiger partial charge in [0.15, 0.2) is 0 Å². The fraction of sp³-hybridized carbons (Fsp3) is 0.462. The molecule has 1 aromatic rings. The summed E-state index contributed by atoms with van der Waals surface area (Å²) in [5, 5.41) is 5.70. The number of ether oxygens (including phenoxy) is 1. The average molecular weight is 278 g/mol. The van der Waals surface area contributed by atoms with E-state index in [0.29, 0.717) is 30.9 Å². The van der Waals surface area contributed by atoms with Gasteiger partial charge in [0.05, 0.1) is 18.9 Å². The molecule has 0 aliphatic carbocycles. The first-order chi connectivity index (χ1) is 9.69. The van der Waals surface area contributed by atoms with E-state index < -0.39 is 6.04 Å². The molecule has 1 saturated heterocycles. The quantitative estimate of drug-likeness (QED) is 0.760. The van der Waals surface area contributed by atoms with Crippen molar-refractivity contribution in [3.05, 3.63) is 24.0 Å². The summed E-state index contributed by atoms with van der Waals surface area (Å²) in [6, 6.07) is 1.09. The van der Waals surface area contributed by atoms with Crippen molar-refractivity contribution in [1.29, 1.82) is 0 Å². The summed E-state index contributed by atoms with van der Waals surface area (Å²) in [5.74, 6) is 0.00427. The molecule has 2 heterocycles. The fourth-order valence-electron chi connectivity index (χ4n) is 2.22. The van der Waals surface area contributed by atoms with E-state index in [1.165, 1.54) is 19.5 Å². The molecule has 0 radical (unpaired) electrons. The van der Waals surface area contributed by atoms with Gasteiger partial charge in [0.1, 0.15) is 11.8 Å². The second-order valence-corrected chi connectivity index (χ2v) is 4.41. The molecule has 1 aromatic heterocycles. The molecule has 7 nitrogen and oxygen atoms in total. The number of carbonyl (C=O) groups is 2. The summed E-state index contributed by atoms with van der Waals surface area (Å²) < 4.78 is 5.15. The molecule has 20 heavy (non-hydrogen) atoms. The van der Waals surface area contributed by atoms with Crippen LogP contribution in [0.3, 0.4) is 0 Å². The van der Waals surface area contributed by atoms with Crippen molar-refractivity contribution in [3.8, 4) is 5.75 Å². The molecule has 1 fully saturated rings. The summed E-state index contributed by atoms with van der Waals surface area (Å²) in [5.41, 5.74) is 0.415. The van der Waals surface area contributed by atoms with Gasteiger partial charge < -0.3 is 20.3 Å². The molecule has 1 aliphatic rings. The third-order valence-corrected chi connectivity index (χ3v) is 3.29. The Kier molecular flexibility index (Phi) is 4.52. The third-order valence-electron chi connectivity index (χ3n) is 3.29. The minimum atomic E-state index is -0.515. The number of amides is 2. The number of nitrogens with zero attached hydrogens (tertiary/aromatic N) is 2. The van der Waals surface area contributed by atoms with Gasteiger partial charge in [-0.3, -0.25) is 14.6 Å². The van der Waals surface area contributed by atoms with Crippen LogP contribution >= 0.6 is 0 Å². The summed E-state index contributed by atoms with van der Waals surface area (Å²) in [6.07, 6.45) is 3.02. The van der Waals surface area contributed by atoms with Crippen molar-refractivity contribution in [2.75, 3.05) is 33.8 Å². The van der Waals surface area contributed by atoms with Crippen molar-refractivity contribution < 1.29 is 14.3 Å². The fourth-order valence-corrected chi connectivity index (χ4v) is 2.22. The van der Waals surface area contributed by atoms with Crippen molar-refractivity contribution in [2.24, 2.45) is 0 Å². The Labute approximate surface area is 117 Å². The number of likely N-dealkylation sites (N-methyl/N-ethyl adjacent to an activating group) is 1. The number of piperazine rings is 1. The average Bonchev–Trinajstić information content (AvgIpc) is 2.53. The van der Waals surface area contributed by atoms with Crippen LogP contribution in [0.25, 0.3) is 0 Å². The minimum absolute atomic E-state index is 0.182. The van der Waals surface area contributed by atoms with Gasteiger partial charge in [-0.05, 0) is 6.07 Å². The number of hydrogen-bond donors (Lipinski definition) is 2. The number of rotatable bonds is 3. The maximum Gasteiger partial charge on any atom is 0.258 e. The maximum atomic E-state index is 12.6. The number of carbonyl (C=O) groups excluding carboxylic acids is 2. The molecule has 1 aliphatic heterocycles. The Bertz CT molecular complexity index is 506. The lowest BCUT2D eigenvalue weighted by Crippen LogP contribution is -2.59. The monoisotopic (exact) mass is 278 g/mol. The topological polar surface area (TPSA) is 83.6 Å². The highest BCUT2D eigenvalue weighted by molar-refractivity contribution is 5.99. The third kappa shape index (κ3) is 2.72. The van der Waals surface area contributed by atoms with Gasteiger partial charge in [-0.15, -0.1) is 0 Å². The van der Waals surface area contributed by atoms with Crippen LogP contribution in [0.1, 0.15) is 10.4 Å². The smallest absolute Gasteiger partial charge is 0.258 e. The number of aromatic nitrogens is 1. The van der Waals surface area contributed by atoms with E-state index in [9.17, 15) is 9.59 Å². The first-order valence-corrected chi connectivity index (χ1v) is 6.40. The van der Waals surface area contributed by atoms with Gasteiger partial charge in [-0.25, -0.2) is 0 Å². The van der Waals surface area contributed by atoms with Crippen LogP contribution in [-0.4, -0.2) is 61.5 Å². The van der Waals surface area contributed by atoms with Crippen LogP contribution in [0.2, 0.25) is 0 Å². The molecule has 7 heteroatoms. The summed E-state index contributed by atoms with van der Waals surface area (Å²) in [6.45, 7) is 1.58. The molecule has 0 aromatic carbocycles. The van der Waals surface area contributed by atoms with Gasteiger partial charge in [-0.2, -0.15) is 0 Å². The zero-order chi connectivity index (χ0) is 14.5. The van der Waals surface area contributed by atoms with E-state index in [2.05, 4.69) is 15.6 Å². The Morgan fingerprint density at radius 2 is 2.35 bits per heavy atom. The van der Waals surface area contributed by atoms with Crippen LogP contribution in [0.4, 0.5) is 0 Å². The molecule has 1 unspecified atom stereocenters. The number of methoxy groups -OCH3 is 1. The highest BCUT2D eigenvalue weighted by atomic mass is 16.5. The number of hydrogen-bond acceptors (Lipinski definition) is 5. The maximum absolute atomic E-state index is 12.6. The minimum Gasteiger partial charge on any atom is -0.494 e. The number of pyridine rings is 1. The molecule has 0 saturated carbocycles. The Morgan fingerprint density at radius 3 is 3.05 bits per heavy atom. The van der Waals surface area contributed by atoms with E-state index >= 15 is 0 Å². The first kappa shape index (κ1) is 14.3. The normalized spacial score (nSPS) is 18.5. The predicted molar refractivity (Wildman–Crippen MR) is 72.5 cm³/mol. The van der Waals surface area contributed by atoms with Crippen LogP contribution in [0, 0.1) is 0 Å². The molecule has 108 valence electrons. The van der Waals surface area contributed by atoms with Gasteiger partial charge in [0, 0.05) is 32.9 Å². The molecule has 2 N–H and O–H groups in total. The number of nitrogens with one attached hydrogen (secondary N) is 2. The highest BCUT2D eigenvalue weighted by Crippen LogP contribution is 2.19. The molecular formula is C13H18N4O3. The zero-order valence-electron chi connectivity index (χ0n) is 11.5. The Morgan fingerprint density at radius 1 is 1.55 bits per heavy atom. The zero-order valence-corrected chi connectivity index (χ0v) is 11.5. The van der Waals surface area contributed by atoms with Crippen molar-refractivity contribution in [3.63, 3.8) is 0 Å². The molecular weight excluding hydrogens is 260 g/mol. The van der Waals surface area contributed by atoms with E-state index in [0.717, 1.165) is 0 Å². The van der Waals surface area contributed by atoms with Crippen molar-refractivity contribution in [1.82, 2.24) is 20.5 Å². The van der Waals surface area contributed by atoms with E-state index in [-0.39, 0.29) is 11.8 Å². The van der Waals surface area contributed by atoms with Crippen LogP contribution in [-0.2, 0) is 4.79 Å². The SMILES string of the molecule is CNC(=O)C1CNCCN1C(=O)c1ccncc1OC. The molecule has 2 amide bonds. The predicted octanol–water partition coefficient (Wildman–Crippen LogP) is -0.750. The van der Waals surface area contributed by atoms with Gasteiger partial charge in [-0.1, -0.05) is 0 Å². The van der Waals surface area contributed by atoms with E-state index in [1.807, 2.05) is 0 Å². The summed E-state index contributed by atoms with van der Waals surface area (Å²) in [4.78, 5) is 30.0. The molecule has 0 spiro atoms. The molecule has 1 atom stereocenters. The lowest BCUT2D eigenvalue weighted by atomic mass is 10.1. The second kappa shape index (κ2) is 6.33. The lowest BCUT2D eigenvalue weighted by Gasteiger charge is -2.35. The van der Waals surface area contributed by atoms with E-state index in [4.69, 9.17) is 4.74 Å². The second-order valence-electron chi connectivity index (χ2n) is 4.41. The van der Waals surface area contributed by atoms with Crippen LogP contribution < -0.4 is 15.4 Å². The Balaban J connectivity index is 2.27. The Hall–Kier alpha value is -2.15. The first-order valence-electron chi connectivity index (χ1n) is 6.40. The summed E-state index contributed by atoms with van der Waals surface area (Å²) in [7, 11) is 3.05. The van der Waals surface area contributed by atoms with Crippen LogP contribution in [0.15, 0.2) is 18.5 Å². The highest BCUT2D eigenvalue weighted by Gasteiger charge is 2.33. The van der Waals surface area contributed by atoms with Gasteiger partial charge in [0.25, 0.3) is 5.91 Å². The standard InChI is InChI=1S/C13H18N4O3/c1-14-12(18)10-7-16-5-6-17(10)13(19)9-3-4-15-8-11(9)20-2/h3-4,8,10,16H,5-7H2,1-2H3,(H,14,18).